The summed E-state index contributed by atoms with van der Waals surface area (Å²) in [6.07, 6.45) is 0. The third-order valence-corrected chi connectivity index (χ3v) is 3.82. The first kappa shape index (κ1) is 14.6. The lowest BCUT2D eigenvalue weighted by Crippen LogP contribution is -2.11. The van der Waals surface area contributed by atoms with Crippen LogP contribution in [0.25, 0.3) is 0 Å². The summed E-state index contributed by atoms with van der Waals surface area (Å²) >= 11 is 7.05. The summed E-state index contributed by atoms with van der Waals surface area (Å²) in [6, 6.07) is 8.88. The van der Waals surface area contributed by atoms with Gasteiger partial charge in [-0.25, -0.2) is 0 Å². The third-order valence-electron chi connectivity index (χ3n) is 2.59. The average Bonchev–Trinajstić information content (AvgIpc) is 2.86. The number of aliphatic hydroxyl groups is 1. The largest absolute Gasteiger partial charge is 0.384 e. The number of anilines is 1. The number of aliphatic hydroxyl groups excluding tert-OH is 1. The summed E-state index contributed by atoms with van der Waals surface area (Å²) < 4.78 is 0.578. The van der Waals surface area contributed by atoms with Crippen molar-refractivity contribution in [1.82, 2.24) is 0 Å². The van der Waals surface area contributed by atoms with Crippen LogP contribution in [0.5, 0.6) is 0 Å². The molecule has 1 amide bonds. The smallest absolute Gasteiger partial charge is 0.265 e. The molecule has 1 aromatic heterocycles. The van der Waals surface area contributed by atoms with Crippen molar-refractivity contribution in [2.45, 2.75) is 6.92 Å². The molecule has 0 radical (unpaired) electrons. The van der Waals surface area contributed by atoms with Crippen LogP contribution < -0.4 is 5.32 Å². The van der Waals surface area contributed by atoms with Crippen LogP contribution in [0.15, 0.2) is 30.3 Å². The molecule has 2 rings (SSSR count). The Morgan fingerprint density at radius 1 is 1.40 bits per heavy atom. The van der Waals surface area contributed by atoms with Gasteiger partial charge in [0.25, 0.3) is 5.91 Å². The molecule has 3 nitrogen and oxygen atoms in total. The first-order chi connectivity index (χ1) is 9.60. The first-order valence-corrected chi connectivity index (χ1v) is 7.06. The second-order valence-corrected chi connectivity index (χ2v) is 5.76. The van der Waals surface area contributed by atoms with Gasteiger partial charge in [0.1, 0.15) is 6.61 Å². The summed E-state index contributed by atoms with van der Waals surface area (Å²) in [5.41, 5.74) is 2.38. The van der Waals surface area contributed by atoms with E-state index >= 15 is 0 Å². The lowest BCUT2D eigenvalue weighted by atomic mass is 10.1. The standard InChI is InChI=1S/C15H12ClNO2S/c1-10-4-5-11(3-2-8-18)9-12(10)17-15(19)13-6-7-14(16)20-13/h4-7,9,18H,8H2,1H3,(H,17,19). The van der Waals surface area contributed by atoms with Gasteiger partial charge in [-0.2, -0.15) is 0 Å². The number of rotatable bonds is 2. The lowest BCUT2D eigenvalue weighted by molar-refractivity contribution is 0.103. The Balaban J connectivity index is 2.22. The number of carbonyl (C=O) groups excluding carboxylic acids is 1. The summed E-state index contributed by atoms with van der Waals surface area (Å²) in [5.74, 6) is 5.19. The van der Waals surface area contributed by atoms with Crippen molar-refractivity contribution in [3.63, 3.8) is 0 Å². The number of thiophene rings is 1. The maximum Gasteiger partial charge on any atom is 0.265 e. The Kier molecular flexibility index (Phi) is 4.80. The van der Waals surface area contributed by atoms with E-state index in [1.54, 1.807) is 18.2 Å². The van der Waals surface area contributed by atoms with Crippen LogP contribution >= 0.6 is 22.9 Å². The van der Waals surface area contributed by atoms with Crippen molar-refractivity contribution in [3.05, 3.63) is 50.7 Å². The summed E-state index contributed by atoms with van der Waals surface area (Å²) in [4.78, 5) is 12.6. The van der Waals surface area contributed by atoms with Crippen LogP contribution in [0.2, 0.25) is 4.34 Å². The molecule has 0 unspecified atom stereocenters. The molecule has 0 fully saturated rings. The van der Waals surface area contributed by atoms with E-state index in [0.29, 0.717) is 14.9 Å². The second-order valence-electron chi connectivity index (χ2n) is 4.05. The predicted molar refractivity (Wildman–Crippen MR) is 82.4 cm³/mol. The van der Waals surface area contributed by atoms with Gasteiger partial charge in [0.05, 0.1) is 9.21 Å². The van der Waals surface area contributed by atoms with Crippen molar-refractivity contribution < 1.29 is 9.90 Å². The molecule has 0 atom stereocenters. The number of hydrogen-bond donors (Lipinski definition) is 2. The van der Waals surface area contributed by atoms with Gasteiger partial charge in [0.2, 0.25) is 0 Å². The van der Waals surface area contributed by atoms with Crippen molar-refractivity contribution in [2.24, 2.45) is 0 Å². The Hall–Kier alpha value is -1.80. The van der Waals surface area contributed by atoms with Gasteiger partial charge in [-0.15, -0.1) is 11.3 Å². The van der Waals surface area contributed by atoms with Gasteiger partial charge in [0.15, 0.2) is 0 Å². The Morgan fingerprint density at radius 3 is 2.85 bits per heavy atom. The fourth-order valence-electron chi connectivity index (χ4n) is 1.60. The van der Waals surface area contributed by atoms with Crippen molar-refractivity contribution in [1.29, 1.82) is 0 Å². The third kappa shape index (κ3) is 3.61. The molecule has 0 saturated carbocycles. The predicted octanol–water partition coefficient (Wildman–Crippen LogP) is 3.31. The van der Waals surface area contributed by atoms with Gasteiger partial charge in [-0.3, -0.25) is 4.79 Å². The van der Waals surface area contributed by atoms with Crippen LogP contribution in [-0.4, -0.2) is 17.6 Å². The maximum absolute atomic E-state index is 12.1. The number of aryl methyl sites for hydroxylation is 1. The molecule has 0 aliphatic heterocycles. The highest BCUT2D eigenvalue weighted by atomic mass is 35.5. The highest BCUT2D eigenvalue weighted by molar-refractivity contribution is 7.18. The molecular weight excluding hydrogens is 294 g/mol. The quantitative estimate of drug-likeness (QED) is 0.836. The molecule has 20 heavy (non-hydrogen) atoms. The van der Waals surface area contributed by atoms with Crippen molar-refractivity contribution >= 4 is 34.5 Å². The van der Waals surface area contributed by atoms with Crippen LogP contribution in [-0.2, 0) is 0 Å². The van der Waals surface area contributed by atoms with E-state index in [1.165, 1.54) is 11.3 Å². The van der Waals surface area contributed by atoms with Gasteiger partial charge in [0, 0.05) is 11.3 Å². The van der Waals surface area contributed by atoms with E-state index in [4.69, 9.17) is 16.7 Å². The molecule has 2 aromatic rings. The topological polar surface area (TPSA) is 49.3 Å². The molecule has 0 bridgehead atoms. The van der Waals surface area contributed by atoms with Gasteiger partial charge in [-0.1, -0.05) is 29.5 Å². The van der Waals surface area contributed by atoms with E-state index in [1.807, 2.05) is 19.1 Å². The lowest BCUT2D eigenvalue weighted by Gasteiger charge is -2.07. The van der Waals surface area contributed by atoms with Crippen LogP contribution in [0, 0.1) is 18.8 Å². The number of nitrogens with one attached hydrogen (secondary N) is 1. The zero-order valence-electron chi connectivity index (χ0n) is 10.7. The molecule has 0 spiro atoms. The molecule has 0 saturated heterocycles. The minimum absolute atomic E-state index is 0.191. The van der Waals surface area contributed by atoms with Crippen molar-refractivity contribution in [3.8, 4) is 11.8 Å². The van der Waals surface area contributed by atoms with Gasteiger partial charge < -0.3 is 10.4 Å². The normalized spacial score (nSPS) is 9.75. The second kappa shape index (κ2) is 6.58. The maximum atomic E-state index is 12.1. The summed E-state index contributed by atoms with van der Waals surface area (Å²) in [6.45, 7) is 1.71. The summed E-state index contributed by atoms with van der Waals surface area (Å²) in [5, 5.41) is 11.5. The molecular formula is C15H12ClNO2S. The summed E-state index contributed by atoms with van der Waals surface area (Å²) in [7, 11) is 0. The monoisotopic (exact) mass is 305 g/mol. The molecule has 1 aromatic carbocycles. The number of amides is 1. The fourth-order valence-corrected chi connectivity index (χ4v) is 2.53. The van der Waals surface area contributed by atoms with E-state index in [0.717, 1.165) is 11.1 Å². The molecule has 0 aliphatic carbocycles. The van der Waals surface area contributed by atoms with E-state index < -0.39 is 0 Å². The number of hydrogen-bond acceptors (Lipinski definition) is 3. The Labute approximate surface area is 126 Å². The van der Waals surface area contributed by atoms with Gasteiger partial charge >= 0.3 is 0 Å². The SMILES string of the molecule is Cc1ccc(C#CCO)cc1NC(=O)c1ccc(Cl)s1. The van der Waals surface area contributed by atoms with Crippen molar-refractivity contribution in [2.75, 3.05) is 11.9 Å². The fraction of sp³-hybridized carbons (Fsp3) is 0.133. The number of carbonyl (C=O) groups is 1. The Morgan fingerprint density at radius 2 is 2.20 bits per heavy atom. The zero-order chi connectivity index (χ0) is 14.5. The van der Waals surface area contributed by atoms with Crippen LogP contribution in [0.1, 0.15) is 20.8 Å². The first-order valence-electron chi connectivity index (χ1n) is 5.87. The molecule has 5 heteroatoms. The molecule has 2 N–H and O–H groups in total. The molecule has 0 aliphatic rings. The van der Waals surface area contributed by atoms with E-state index in [9.17, 15) is 4.79 Å². The van der Waals surface area contributed by atoms with E-state index in [2.05, 4.69) is 17.2 Å². The average molecular weight is 306 g/mol. The zero-order valence-corrected chi connectivity index (χ0v) is 12.3. The highest BCUT2D eigenvalue weighted by Gasteiger charge is 2.10. The van der Waals surface area contributed by atoms with Gasteiger partial charge in [-0.05, 0) is 36.8 Å². The van der Waals surface area contributed by atoms with E-state index in [-0.39, 0.29) is 12.5 Å². The minimum Gasteiger partial charge on any atom is -0.384 e. The highest BCUT2D eigenvalue weighted by Crippen LogP contribution is 2.23. The van der Waals surface area contributed by atoms with Crippen LogP contribution in [0.3, 0.4) is 0 Å². The molecule has 1 heterocycles. The minimum atomic E-state index is -0.197. The number of benzene rings is 1. The number of halogens is 1. The van der Waals surface area contributed by atoms with Crippen LogP contribution in [0.4, 0.5) is 5.69 Å². The molecule has 102 valence electrons. The Bertz CT molecular complexity index is 697.